The summed E-state index contributed by atoms with van der Waals surface area (Å²) < 4.78 is 5.42. The summed E-state index contributed by atoms with van der Waals surface area (Å²) in [6.45, 7) is 0. The Labute approximate surface area is 102 Å². The van der Waals surface area contributed by atoms with Gasteiger partial charge in [-0.25, -0.2) is 4.98 Å². The van der Waals surface area contributed by atoms with Gasteiger partial charge < -0.3 is 10.5 Å². The smallest absolute Gasteiger partial charge is 0.243 e. The van der Waals surface area contributed by atoms with Crippen LogP contribution in [0.4, 0.5) is 5.95 Å². The van der Waals surface area contributed by atoms with Crippen LogP contribution in [0.1, 0.15) is 0 Å². The number of ether oxygens (including phenoxy) is 1. The molecule has 0 amide bonds. The number of nitrogens with zero attached hydrogens (tertiary/aromatic N) is 2. The van der Waals surface area contributed by atoms with Crippen LogP contribution in [0.3, 0.4) is 0 Å². The molecule has 0 saturated heterocycles. The van der Waals surface area contributed by atoms with Gasteiger partial charge in [-0.1, -0.05) is 23.2 Å². The zero-order valence-electron chi connectivity index (χ0n) is 8.02. The van der Waals surface area contributed by atoms with E-state index in [1.165, 1.54) is 6.20 Å². The Bertz CT molecular complexity index is 502. The first-order chi connectivity index (χ1) is 7.65. The van der Waals surface area contributed by atoms with Gasteiger partial charge in [-0.3, -0.25) is 0 Å². The second-order valence-electron chi connectivity index (χ2n) is 2.94. The molecule has 2 N–H and O–H groups in total. The fourth-order valence-corrected chi connectivity index (χ4v) is 1.31. The third-order valence-electron chi connectivity index (χ3n) is 1.76. The Morgan fingerprint density at radius 3 is 2.50 bits per heavy atom. The maximum absolute atomic E-state index is 5.85. The van der Waals surface area contributed by atoms with Gasteiger partial charge in [0.05, 0.1) is 6.20 Å². The molecule has 0 aliphatic carbocycles. The van der Waals surface area contributed by atoms with Gasteiger partial charge in [-0.2, -0.15) is 4.98 Å². The summed E-state index contributed by atoms with van der Waals surface area (Å²) in [5.41, 5.74) is 5.42. The lowest BCUT2D eigenvalue weighted by atomic mass is 10.3. The number of hydrogen-bond acceptors (Lipinski definition) is 4. The molecule has 0 fully saturated rings. The summed E-state index contributed by atoms with van der Waals surface area (Å²) in [5.74, 6) is 0.897. The molecule has 2 rings (SSSR count). The SMILES string of the molecule is Nc1ncc(Cl)c(Oc2ccc(Cl)cc2)n1. The Hall–Kier alpha value is -1.52. The van der Waals surface area contributed by atoms with Crippen molar-refractivity contribution in [3.63, 3.8) is 0 Å². The third kappa shape index (κ3) is 2.53. The van der Waals surface area contributed by atoms with E-state index in [2.05, 4.69) is 9.97 Å². The van der Waals surface area contributed by atoms with Crippen molar-refractivity contribution in [2.45, 2.75) is 0 Å². The zero-order chi connectivity index (χ0) is 11.5. The molecular weight excluding hydrogens is 249 g/mol. The third-order valence-corrected chi connectivity index (χ3v) is 2.27. The van der Waals surface area contributed by atoms with E-state index in [0.29, 0.717) is 15.8 Å². The molecule has 0 bridgehead atoms. The Kier molecular flexibility index (Phi) is 3.12. The fourth-order valence-electron chi connectivity index (χ4n) is 1.05. The second-order valence-corrected chi connectivity index (χ2v) is 3.78. The molecule has 82 valence electrons. The van der Waals surface area contributed by atoms with E-state index in [0.717, 1.165) is 0 Å². The molecular formula is C10H7Cl2N3O. The molecule has 0 aliphatic heterocycles. The molecule has 0 radical (unpaired) electrons. The predicted octanol–water partition coefficient (Wildman–Crippen LogP) is 3.16. The molecule has 16 heavy (non-hydrogen) atoms. The minimum absolute atomic E-state index is 0.105. The number of nitrogens with two attached hydrogens (primary N) is 1. The van der Waals surface area contributed by atoms with Crippen LogP contribution in [0.5, 0.6) is 11.6 Å². The summed E-state index contributed by atoms with van der Waals surface area (Å²) in [7, 11) is 0. The maximum Gasteiger partial charge on any atom is 0.243 e. The highest BCUT2D eigenvalue weighted by atomic mass is 35.5. The van der Waals surface area contributed by atoms with Crippen LogP contribution in [-0.4, -0.2) is 9.97 Å². The van der Waals surface area contributed by atoms with Gasteiger partial charge in [0.2, 0.25) is 11.8 Å². The number of anilines is 1. The molecule has 0 saturated carbocycles. The van der Waals surface area contributed by atoms with Crippen molar-refractivity contribution in [2.75, 3.05) is 5.73 Å². The lowest BCUT2D eigenvalue weighted by Crippen LogP contribution is -1.97. The molecule has 4 nitrogen and oxygen atoms in total. The number of rotatable bonds is 2. The Morgan fingerprint density at radius 1 is 1.12 bits per heavy atom. The molecule has 1 aromatic heterocycles. The summed E-state index contributed by atoms with van der Waals surface area (Å²) in [6, 6.07) is 6.82. The molecule has 2 aromatic rings. The van der Waals surface area contributed by atoms with Crippen LogP contribution in [0.15, 0.2) is 30.5 Å². The van der Waals surface area contributed by atoms with Crippen molar-refractivity contribution in [1.29, 1.82) is 0 Å². The van der Waals surface area contributed by atoms with Gasteiger partial charge >= 0.3 is 0 Å². The number of aromatic nitrogens is 2. The van der Waals surface area contributed by atoms with Crippen molar-refractivity contribution in [3.05, 3.63) is 40.5 Å². The second kappa shape index (κ2) is 4.55. The Morgan fingerprint density at radius 2 is 1.81 bits per heavy atom. The summed E-state index contributed by atoms with van der Waals surface area (Å²) in [4.78, 5) is 7.60. The van der Waals surface area contributed by atoms with Crippen LogP contribution < -0.4 is 10.5 Å². The number of benzene rings is 1. The molecule has 0 spiro atoms. The van der Waals surface area contributed by atoms with Crippen molar-refractivity contribution < 1.29 is 4.74 Å². The van der Waals surface area contributed by atoms with Gasteiger partial charge in [0.25, 0.3) is 0 Å². The molecule has 0 unspecified atom stereocenters. The average molecular weight is 256 g/mol. The number of hydrogen-bond donors (Lipinski definition) is 1. The summed E-state index contributed by atoms with van der Waals surface area (Å²) in [6.07, 6.45) is 1.38. The van der Waals surface area contributed by atoms with Crippen LogP contribution in [0.2, 0.25) is 10.0 Å². The first kappa shape index (κ1) is 11.0. The summed E-state index contributed by atoms with van der Waals surface area (Å²) in [5, 5.41) is 0.921. The van der Waals surface area contributed by atoms with E-state index in [4.69, 9.17) is 33.7 Å². The van der Waals surface area contributed by atoms with E-state index in [1.54, 1.807) is 24.3 Å². The molecule has 1 heterocycles. The maximum atomic E-state index is 5.85. The Balaban J connectivity index is 2.26. The van der Waals surface area contributed by atoms with Crippen molar-refractivity contribution >= 4 is 29.2 Å². The first-order valence-corrected chi connectivity index (χ1v) is 5.12. The van der Waals surface area contributed by atoms with Gasteiger partial charge in [-0.05, 0) is 24.3 Å². The van der Waals surface area contributed by atoms with Gasteiger partial charge in [0.1, 0.15) is 10.8 Å². The largest absolute Gasteiger partial charge is 0.437 e. The van der Waals surface area contributed by atoms with E-state index < -0.39 is 0 Å². The number of halogens is 2. The topological polar surface area (TPSA) is 61.0 Å². The minimum atomic E-state index is 0.105. The highest BCUT2D eigenvalue weighted by molar-refractivity contribution is 6.31. The quantitative estimate of drug-likeness (QED) is 0.896. The predicted molar refractivity (Wildman–Crippen MR) is 63.0 cm³/mol. The van der Waals surface area contributed by atoms with E-state index in [1.807, 2.05) is 0 Å². The lowest BCUT2D eigenvalue weighted by molar-refractivity contribution is 0.463. The lowest BCUT2D eigenvalue weighted by Gasteiger charge is -2.06. The minimum Gasteiger partial charge on any atom is -0.437 e. The molecule has 0 aliphatic rings. The fraction of sp³-hybridized carbons (Fsp3) is 0. The monoisotopic (exact) mass is 255 g/mol. The van der Waals surface area contributed by atoms with E-state index in [-0.39, 0.29) is 11.8 Å². The van der Waals surface area contributed by atoms with Crippen LogP contribution in [0.25, 0.3) is 0 Å². The average Bonchev–Trinajstić information content (AvgIpc) is 2.27. The van der Waals surface area contributed by atoms with Crippen molar-refractivity contribution in [1.82, 2.24) is 9.97 Å². The van der Waals surface area contributed by atoms with Gasteiger partial charge in [-0.15, -0.1) is 0 Å². The zero-order valence-corrected chi connectivity index (χ0v) is 9.53. The highest BCUT2D eigenvalue weighted by Gasteiger charge is 2.06. The van der Waals surface area contributed by atoms with Gasteiger partial charge in [0, 0.05) is 5.02 Å². The molecule has 6 heteroatoms. The highest BCUT2D eigenvalue weighted by Crippen LogP contribution is 2.27. The normalized spacial score (nSPS) is 10.1. The van der Waals surface area contributed by atoms with Crippen LogP contribution in [0, 0.1) is 0 Å². The summed E-state index contributed by atoms with van der Waals surface area (Å²) >= 11 is 11.6. The van der Waals surface area contributed by atoms with Crippen LogP contribution in [-0.2, 0) is 0 Å². The van der Waals surface area contributed by atoms with Crippen LogP contribution >= 0.6 is 23.2 Å². The molecule has 1 aromatic carbocycles. The first-order valence-electron chi connectivity index (χ1n) is 4.36. The molecule has 0 atom stereocenters. The van der Waals surface area contributed by atoms with Crippen molar-refractivity contribution in [2.24, 2.45) is 0 Å². The van der Waals surface area contributed by atoms with E-state index in [9.17, 15) is 0 Å². The van der Waals surface area contributed by atoms with Crippen molar-refractivity contribution in [3.8, 4) is 11.6 Å². The number of nitrogen functional groups attached to an aromatic ring is 1. The van der Waals surface area contributed by atoms with E-state index >= 15 is 0 Å². The standard InChI is InChI=1S/C10H7Cl2N3O/c11-6-1-3-7(4-2-6)16-9-8(12)5-14-10(13)15-9/h1-5H,(H2,13,14,15). The van der Waals surface area contributed by atoms with Gasteiger partial charge in [0.15, 0.2) is 0 Å².